The summed E-state index contributed by atoms with van der Waals surface area (Å²) in [6.07, 6.45) is 9.23. The Morgan fingerprint density at radius 3 is 3.08 bits per heavy atom. The fourth-order valence-corrected chi connectivity index (χ4v) is 1.60. The van der Waals surface area contributed by atoms with Gasteiger partial charge < -0.3 is 10.1 Å². The first-order valence-electron chi connectivity index (χ1n) is 5.14. The van der Waals surface area contributed by atoms with Gasteiger partial charge in [-0.15, -0.1) is 0 Å². The van der Waals surface area contributed by atoms with Gasteiger partial charge in [-0.05, 0) is 31.7 Å². The maximum Gasteiger partial charge on any atom is 0.124 e. The van der Waals surface area contributed by atoms with E-state index in [0.29, 0.717) is 0 Å². The summed E-state index contributed by atoms with van der Waals surface area (Å²) in [6.45, 7) is 3.83. The van der Waals surface area contributed by atoms with Crippen molar-refractivity contribution in [1.82, 2.24) is 5.32 Å². The molecule has 0 fully saturated rings. The number of carbonyl (C=O) groups excluding carboxylic acids is 1. The topological polar surface area (TPSA) is 29.1 Å². The molecule has 2 atom stereocenters. The van der Waals surface area contributed by atoms with Crippen LogP contribution in [0.4, 0.5) is 0 Å². The highest BCUT2D eigenvalue weighted by atomic mass is 16.1. The van der Waals surface area contributed by atoms with E-state index in [9.17, 15) is 4.79 Å². The average Bonchev–Trinajstić information content (AvgIpc) is 2.19. The Balaban J connectivity index is 2.05. The molecule has 0 radical (unpaired) electrons. The summed E-state index contributed by atoms with van der Waals surface area (Å²) >= 11 is 0. The van der Waals surface area contributed by atoms with Crippen molar-refractivity contribution in [2.45, 2.75) is 26.2 Å². The molecule has 1 aliphatic rings. The molecule has 13 heavy (non-hydrogen) atoms. The van der Waals surface area contributed by atoms with Gasteiger partial charge in [0.15, 0.2) is 0 Å². The molecular formula is C11H19NO. The second-order valence-corrected chi connectivity index (χ2v) is 3.92. The number of carbonyl (C=O) groups is 1. The Labute approximate surface area is 80.4 Å². The summed E-state index contributed by atoms with van der Waals surface area (Å²) in [7, 11) is 0. The van der Waals surface area contributed by atoms with E-state index in [4.69, 9.17) is 0 Å². The first-order valence-corrected chi connectivity index (χ1v) is 5.14. The molecule has 1 aliphatic carbocycles. The van der Waals surface area contributed by atoms with Gasteiger partial charge in [0.1, 0.15) is 6.29 Å². The van der Waals surface area contributed by atoms with Crippen LogP contribution in [0.1, 0.15) is 26.2 Å². The number of hydrogen-bond acceptors (Lipinski definition) is 2. The highest BCUT2D eigenvalue weighted by Gasteiger charge is 2.09. The third kappa shape index (κ3) is 4.23. The SMILES string of the molecule is CC(C=O)CNCC1CC=CCC1. The molecule has 1 N–H and O–H groups in total. The van der Waals surface area contributed by atoms with Crippen LogP contribution in [0.5, 0.6) is 0 Å². The van der Waals surface area contributed by atoms with Crippen molar-refractivity contribution in [2.24, 2.45) is 11.8 Å². The Morgan fingerprint density at radius 2 is 2.46 bits per heavy atom. The van der Waals surface area contributed by atoms with E-state index in [1.54, 1.807) is 0 Å². The minimum absolute atomic E-state index is 0.152. The Kier molecular flexibility index (Phi) is 4.76. The summed E-state index contributed by atoms with van der Waals surface area (Å²) < 4.78 is 0. The van der Waals surface area contributed by atoms with E-state index in [1.165, 1.54) is 19.3 Å². The summed E-state index contributed by atoms with van der Waals surface area (Å²) in [5.41, 5.74) is 0. The quantitative estimate of drug-likeness (QED) is 0.517. The van der Waals surface area contributed by atoms with Crippen molar-refractivity contribution in [1.29, 1.82) is 0 Å². The highest BCUT2D eigenvalue weighted by molar-refractivity contribution is 5.52. The molecule has 0 heterocycles. The lowest BCUT2D eigenvalue weighted by molar-refractivity contribution is -0.110. The lowest BCUT2D eigenvalue weighted by atomic mass is 9.94. The molecule has 0 aromatic heterocycles. The largest absolute Gasteiger partial charge is 0.316 e. The standard InChI is InChI=1S/C11H19NO/c1-10(9-13)7-12-8-11-5-3-2-4-6-11/h2-3,9-12H,4-8H2,1H3. The van der Waals surface area contributed by atoms with Crippen LogP contribution in [0.15, 0.2) is 12.2 Å². The van der Waals surface area contributed by atoms with Gasteiger partial charge in [-0.3, -0.25) is 0 Å². The zero-order chi connectivity index (χ0) is 9.52. The van der Waals surface area contributed by atoms with Gasteiger partial charge in [0, 0.05) is 12.5 Å². The molecule has 2 nitrogen and oxygen atoms in total. The molecule has 1 rings (SSSR count). The molecule has 2 unspecified atom stereocenters. The highest BCUT2D eigenvalue weighted by Crippen LogP contribution is 2.16. The van der Waals surface area contributed by atoms with Gasteiger partial charge in [0.05, 0.1) is 0 Å². The number of allylic oxidation sites excluding steroid dienone is 2. The zero-order valence-electron chi connectivity index (χ0n) is 8.33. The normalized spacial score (nSPS) is 24.2. The lowest BCUT2D eigenvalue weighted by Gasteiger charge is -2.18. The number of aldehydes is 1. The summed E-state index contributed by atoms with van der Waals surface area (Å²) in [5, 5.41) is 3.34. The summed E-state index contributed by atoms with van der Waals surface area (Å²) in [5.74, 6) is 0.933. The van der Waals surface area contributed by atoms with Gasteiger partial charge in [-0.25, -0.2) is 0 Å². The molecule has 0 amide bonds. The van der Waals surface area contributed by atoms with Crippen molar-refractivity contribution in [3.8, 4) is 0 Å². The Hall–Kier alpha value is -0.630. The van der Waals surface area contributed by atoms with Crippen LogP contribution in [0, 0.1) is 11.8 Å². The fraction of sp³-hybridized carbons (Fsp3) is 0.727. The number of nitrogens with one attached hydrogen (secondary N) is 1. The zero-order valence-corrected chi connectivity index (χ0v) is 8.33. The van der Waals surface area contributed by atoms with Crippen molar-refractivity contribution >= 4 is 6.29 Å². The van der Waals surface area contributed by atoms with Crippen LogP contribution in [0.25, 0.3) is 0 Å². The van der Waals surface area contributed by atoms with Gasteiger partial charge in [0.2, 0.25) is 0 Å². The van der Waals surface area contributed by atoms with Crippen LogP contribution in [0.3, 0.4) is 0 Å². The minimum atomic E-state index is 0.152. The van der Waals surface area contributed by atoms with Crippen LogP contribution in [0.2, 0.25) is 0 Å². The fourth-order valence-electron chi connectivity index (χ4n) is 1.60. The van der Waals surface area contributed by atoms with E-state index in [-0.39, 0.29) is 5.92 Å². The molecule has 0 spiro atoms. The van der Waals surface area contributed by atoms with Gasteiger partial charge in [-0.2, -0.15) is 0 Å². The van der Waals surface area contributed by atoms with Crippen molar-refractivity contribution in [2.75, 3.05) is 13.1 Å². The molecule has 2 heteroatoms. The van der Waals surface area contributed by atoms with E-state index in [2.05, 4.69) is 17.5 Å². The van der Waals surface area contributed by atoms with Crippen LogP contribution in [-0.4, -0.2) is 19.4 Å². The van der Waals surface area contributed by atoms with Gasteiger partial charge >= 0.3 is 0 Å². The summed E-state index contributed by atoms with van der Waals surface area (Å²) in [4.78, 5) is 10.3. The van der Waals surface area contributed by atoms with Crippen LogP contribution < -0.4 is 5.32 Å². The lowest BCUT2D eigenvalue weighted by Crippen LogP contribution is -2.28. The summed E-state index contributed by atoms with van der Waals surface area (Å²) in [6, 6.07) is 0. The van der Waals surface area contributed by atoms with Crippen molar-refractivity contribution in [3.05, 3.63) is 12.2 Å². The second kappa shape index (κ2) is 5.92. The molecule has 0 aromatic rings. The predicted octanol–water partition coefficient (Wildman–Crippen LogP) is 1.77. The molecule has 0 saturated heterocycles. The first kappa shape index (κ1) is 10.5. The van der Waals surface area contributed by atoms with E-state index in [0.717, 1.165) is 25.3 Å². The van der Waals surface area contributed by atoms with Gasteiger partial charge in [0.25, 0.3) is 0 Å². The molecular weight excluding hydrogens is 162 g/mol. The maximum absolute atomic E-state index is 10.3. The van der Waals surface area contributed by atoms with Crippen molar-refractivity contribution in [3.63, 3.8) is 0 Å². The first-order chi connectivity index (χ1) is 6.33. The molecule has 0 aromatic carbocycles. The average molecular weight is 181 g/mol. The van der Waals surface area contributed by atoms with E-state index >= 15 is 0 Å². The number of rotatable bonds is 5. The third-order valence-corrected chi connectivity index (χ3v) is 2.51. The molecule has 0 aliphatic heterocycles. The maximum atomic E-state index is 10.3. The van der Waals surface area contributed by atoms with Crippen molar-refractivity contribution < 1.29 is 4.79 Å². The van der Waals surface area contributed by atoms with Gasteiger partial charge in [-0.1, -0.05) is 19.1 Å². The third-order valence-electron chi connectivity index (χ3n) is 2.51. The minimum Gasteiger partial charge on any atom is -0.316 e. The monoisotopic (exact) mass is 181 g/mol. The Bertz CT molecular complexity index is 177. The van der Waals surface area contributed by atoms with Crippen LogP contribution >= 0.6 is 0 Å². The number of hydrogen-bond donors (Lipinski definition) is 1. The predicted molar refractivity (Wildman–Crippen MR) is 54.6 cm³/mol. The van der Waals surface area contributed by atoms with E-state index in [1.807, 2.05) is 6.92 Å². The smallest absolute Gasteiger partial charge is 0.124 e. The van der Waals surface area contributed by atoms with Crippen LogP contribution in [-0.2, 0) is 4.79 Å². The van der Waals surface area contributed by atoms with E-state index < -0.39 is 0 Å². The molecule has 74 valence electrons. The molecule has 0 saturated carbocycles. The molecule has 0 bridgehead atoms. The second-order valence-electron chi connectivity index (χ2n) is 3.92. The Morgan fingerprint density at radius 1 is 1.62 bits per heavy atom.